The maximum atomic E-state index is 8.01. The molecular formula is C16H12N3O+. The minimum atomic E-state index is -2.31. The van der Waals surface area contributed by atoms with Gasteiger partial charge in [-0.05, 0) is 18.2 Å². The normalized spacial score (nSPS) is 15.9. The molecule has 1 aliphatic rings. The third-order valence-corrected chi connectivity index (χ3v) is 3.92. The Morgan fingerprint density at radius 3 is 3.20 bits per heavy atom. The maximum Gasteiger partial charge on any atom is 0.339 e. The smallest absolute Gasteiger partial charge is 0.339 e. The van der Waals surface area contributed by atoms with Crippen molar-refractivity contribution >= 4 is 22.2 Å². The molecule has 1 aliphatic heterocycles. The SMILES string of the molecule is [2H]C([2H])([2H])n1c2[n+](c3oc4ccccc4c31)Cc1cccnc1-2. The summed E-state index contributed by atoms with van der Waals surface area (Å²) in [4.78, 5) is 4.40. The Hall–Kier alpha value is -2.62. The van der Waals surface area contributed by atoms with E-state index in [1.54, 1.807) is 6.20 Å². The average Bonchev–Trinajstić information content (AvgIpc) is 3.13. The molecule has 0 N–H and O–H groups in total. The van der Waals surface area contributed by atoms with Crippen LogP contribution in [-0.2, 0) is 13.5 Å². The molecule has 0 aliphatic carbocycles. The summed E-state index contributed by atoms with van der Waals surface area (Å²) < 4.78 is 33.3. The molecule has 1 aromatic carbocycles. The molecule has 0 fully saturated rings. The third-order valence-electron chi connectivity index (χ3n) is 3.92. The Bertz CT molecular complexity index is 1090. The average molecular weight is 265 g/mol. The lowest BCUT2D eigenvalue weighted by molar-refractivity contribution is -0.652. The molecule has 0 saturated heterocycles. The number of aromatic nitrogens is 3. The zero-order valence-electron chi connectivity index (χ0n) is 13.5. The van der Waals surface area contributed by atoms with E-state index in [-0.39, 0.29) is 0 Å². The van der Waals surface area contributed by atoms with Crippen molar-refractivity contribution in [2.75, 3.05) is 0 Å². The van der Waals surface area contributed by atoms with Crippen LogP contribution in [-0.4, -0.2) is 9.55 Å². The summed E-state index contributed by atoms with van der Waals surface area (Å²) >= 11 is 0. The van der Waals surface area contributed by atoms with Crippen LogP contribution >= 0.6 is 0 Å². The first kappa shape index (κ1) is 7.85. The summed E-state index contributed by atoms with van der Waals surface area (Å²) in [6, 6.07) is 11.3. The number of fused-ring (bicyclic) bond motifs is 7. The predicted molar refractivity (Wildman–Crippen MR) is 75.2 cm³/mol. The summed E-state index contributed by atoms with van der Waals surface area (Å²) in [6.07, 6.45) is 1.69. The van der Waals surface area contributed by atoms with Gasteiger partial charge in [0.2, 0.25) is 5.52 Å². The molecule has 0 amide bonds. The van der Waals surface area contributed by atoms with Crippen molar-refractivity contribution in [1.29, 1.82) is 0 Å². The van der Waals surface area contributed by atoms with E-state index in [1.807, 2.05) is 41.0 Å². The molecule has 0 radical (unpaired) electrons. The molecule has 3 aromatic heterocycles. The molecule has 4 heterocycles. The van der Waals surface area contributed by atoms with Crippen LogP contribution in [0, 0.1) is 0 Å². The minimum absolute atomic E-state index is 0.567. The van der Waals surface area contributed by atoms with Crippen molar-refractivity contribution in [3.05, 3.63) is 48.2 Å². The number of benzene rings is 1. The molecule has 4 aromatic rings. The first-order chi connectivity index (χ1) is 11.1. The summed E-state index contributed by atoms with van der Waals surface area (Å²) in [5.41, 5.74) is 3.58. The molecule has 0 unspecified atom stereocenters. The first-order valence-electron chi connectivity index (χ1n) is 7.96. The van der Waals surface area contributed by atoms with Crippen molar-refractivity contribution in [2.45, 2.75) is 6.54 Å². The molecule has 5 rings (SSSR count). The highest BCUT2D eigenvalue weighted by atomic mass is 16.3. The van der Waals surface area contributed by atoms with Crippen LogP contribution < -0.4 is 4.57 Å². The Kier molecular flexibility index (Phi) is 1.29. The van der Waals surface area contributed by atoms with E-state index < -0.39 is 6.98 Å². The van der Waals surface area contributed by atoms with Crippen LogP contribution in [0.15, 0.2) is 47.0 Å². The highest BCUT2D eigenvalue weighted by Crippen LogP contribution is 2.33. The van der Waals surface area contributed by atoms with Crippen LogP contribution in [0.3, 0.4) is 0 Å². The van der Waals surface area contributed by atoms with Gasteiger partial charge in [-0.1, -0.05) is 18.2 Å². The first-order valence-corrected chi connectivity index (χ1v) is 6.46. The second-order valence-corrected chi connectivity index (χ2v) is 5.01. The Balaban J connectivity index is 2.01. The summed E-state index contributed by atoms with van der Waals surface area (Å²) in [7, 11) is 0. The lowest BCUT2D eigenvalue weighted by Gasteiger charge is -1.94. The number of furan rings is 1. The summed E-state index contributed by atoms with van der Waals surface area (Å²) in [5, 5.41) is 0.804. The number of aryl methyl sites for hydroxylation is 1. The standard InChI is InChI=1S/C16H12N3O/c1-18-14-11-6-2-3-7-12(11)20-16(14)19-9-10-5-4-8-17-13(10)15(18)19/h2-8H,9H2,1H3/q+1/i1D3. The number of imidazole rings is 1. The molecule has 96 valence electrons. The fourth-order valence-electron chi connectivity index (χ4n) is 3.06. The van der Waals surface area contributed by atoms with Gasteiger partial charge < -0.3 is 4.42 Å². The van der Waals surface area contributed by atoms with E-state index in [0.29, 0.717) is 34.9 Å². The van der Waals surface area contributed by atoms with Crippen molar-refractivity contribution in [3.8, 4) is 11.5 Å². The monoisotopic (exact) mass is 265 g/mol. The maximum absolute atomic E-state index is 8.01. The second-order valence-electron chi connectivity index (χ2n) is 5.01. The summed E-state index contributed by atoms with van der Waals surface area (Å²) in [5.74, 6) is 0.583. The quantitative estimate of drug-likeness (QED) is 0.403. The number of nitrogens with zero attached hydrogens (tertiary/aromatic N) is 3. The zero-order chi connectivity index (χ0) is 15.8. The van der Waals surface area contributed by atoms with Gasteiger partial charge in [0.1, 0.15) is 12.1 Å². The molecule has 0 spiro atoms. The lowest BCUT2D eigenvalue weighted by atomic mass is 10.2. The highest BCUT2D eigenvalue weighted by Gasteiger charge is 2.36. The van der Waals surface area contributed by atoms with Crippen LogP contribution in [0.4, 0.5) is 0 Å². The molecule has 0 atom stereocenters. The van der Waals surface area contributed by atoms with Crippen LogP contribution in [0.5, 0.6) is 0 Å². The zero-order valence-corrected chi connectivity index (χ0v) is 10.5. The van der Waals surface area contributed by atoms with Crippen molar-refractivity contribution in [1.82, 2.24) is 9.55 Å². The van der Waals surface area contributed by atoms with Crippen LogP contribution in [0.25, 0.3) is 33.7 Å². The second kappa shape index (κ2) is 3.28. The fraction of sp³-hybridized carbons (Fsp3) is 0.125. The van der Waals surface area contributed by atoms with Gasteiger partial charge in [-0.15, -0.1) is 0 Å². The number of rotatable bonds is 0. The van der Waals surface area contributed by atoms with Gasteiger partial charge in [-0.2, -0.15) is 4.57 Å². The highest BCUT2D eigenvalue weighted by molar-refractivity contribution is 6.01. The van der Waals surface area contributed by atoms with E-state index in [1.165, 1.54) is 4.57 Å². The Labute approximate surface area is 119 Å². The van der Waals surface area contributed by atoms with E-state index in [0.717, 1.165) is 10.9 Å². The Morgan fingerprint density at radius 2 is 2.25 bits per heavy atom. The molecular weight excluding hydrogens is 250 g/mol. The van der Waals surface area contributed by atoms with Crippen LogP contribution in [0.2, 0.25) is 0 Å². The van der Waals surface area contributed by atoms with Gasteiger partial charge in [0, 0.05) is 11.8 Å². The van der Waals surface area contributed by atoms with Gasteiger partial charge in [0.25, 0.3) is 0 Å². The summed E-state index contributed by atoms with van der Waals surface area (Å²) in [6.45, 7) is -1.75. The van der Waals surface area contributed by atoms with Gasteiger partial charge in [-0.3, -0.25) is 0 Å². The van der Waals surface area contributed by atoms with Crippen molar-refractivity contribution in [3.63, 3.8) is 0 Å². The number of pyridine rings is 1. The number of hydrogen-bond acceptors (Lipinski definition) is 2. The molecule has 4 heteroatoms. The minimum Gasteiger partial charge on any atom is -0.419 e. The van der Waals surface area contributed by atoms with E-state index >= 15 is 0 Å². The number of para-hydroxylation sites is 1. The lowest BCUT2D eigenvalue weighted by Crippen LogP contribution is -2.31. The van der Waals surface area contributed by atoms with Gasteiger partial charge in [-0.25, -0.2) is 9.55 Å². The molecule has 20 heavy (non-hydrogen) atoms. The largest absolute Gasteiger partial charge is 0.419 e. The van der Waals surface area contributed by atoms with Crippen LogP contribution in [0.1, 0.15) is 9.68 Å². The van der Waals surface area contributed by atoms with Crippen molar-refractivity contribution in [2.24, 2.45) is 6.98 Å². The van der Waals surface area contributed by atoms with Crippen molar-refractivity contribution < 1.29 is 13.1 Å². The Morgan fingerprint density at radius 1 is 1.30 bits per heavy atom. The molecule has 0 saturated carbocycles. The van der Waals surface area contributed by atoms with Gasteiger partial charge in [0.15, 0.2) is 5.69 Å². The van der Waals surface area contributed by atoms with E-state index in [9.17, 15) is 0 Å². The fourth-order valence-corrected chi connectivity index (χ4v) is 3.06. The predicted octanol–water partition coefficient (Wildman–Crippen LogP) is 2.64. The molecule has 0 bridgehead atoms. The van der Waals surface area contributed by atoms with E-state index in [4.69, 9.17) is 8.53 Å². The third kappa shape index (κ3) is 1.04. The topological polar surface area (TPSA) is 34.8 Å². The van der Waals surface area contributed by atoms with Gasteiger partial charge in [0.05, 0.1) is 16.5 Å². The number of hydrogen-bond donors (Lipinski definition) is 0. The van der Waals surface area contributed by atoms with E-state index in [2.05, 4.69) is 4.98 Å². The molecule has 4 nitrogen and oxygen atoms in total. The van der Waals surface area contributed by atoms with Gasteiger partial charge >= 0.3 is 11.5 Å².